The molecule has 0 saturated carbocycles. The lowest BCUT2D eigenvalue weighted by molar-refractivity contribution is 0.393. The number of nitrogens with zero attached hydrogens (tertiary/aromatic N) is 2. The molecule has 3 nitrogen and oxygen atoms in total. The van der Waals surface area contributed by atoms with Crippen molar-refractivity contribution in [2.45, 2.75) is 19.8 Å². The Morgan fingerprint density at radius 2 is 2.18 bits per heavy atom. The van der Waals surface area contributed by atoms with E-state index in [0.717, 1.165) is 5.82 Å². The maximum Gasteiger partial charge on any atom is 0.216 e. The molecule has 0 atom stereocenters. The van der Waals surface area contributed by atoms with Gasteiger partial charge in [0.2, 0.25) is 5.88 Å². The molecule has 0 fully saturated rings. The third-order valence-electron chi connectivity index (χ3n) is 1.37. The lowest BCUT2D eigenvalue weighted by atomic mass is 10.2. The number of hydrogen-bond donors (Lipinski definition) is 0. The highest BCUT2D eigenvalue weighted by Gasteiger charge is 2.02. The molecular formula is C8H12N2O. The first-order valence-electron chi connectivity index (χ1n) is 3.61. The van der Waals surface area contributed by atoms with Gasteiger partial charge in [0.15, 0.2) is 0 Å². The smallest absolute Gasteiger partial charge is 0.216 e. The van der Waals surface area contributed by atoms with Gasteiger partial charge >= 0.3 is 0 Å². The first-order chi connectivity index (χ1) is 5.24. The van der Waals surface area contributed by atoms with Crippen LogP contribution in [0.5, 0.6) is 5.88 Å². The fourth-order valence-corrected chi connectivity index (χ4v) is 0.748. The first-order valence-corrected chi connectivity index (χ1v) is 3.61. The van der Waals surface area contributed by atoms with E-state index in [2.05, 4.69) is 23.8 Å². The molecule has 1 aromatic rings. The first kappa shape index (κ1) is 7.98. The molecule has 0 unspecified atom stereocenters. The van der Waals surface area contributed by atoms with Crippen LogP contribution >= 0.6 is 0 Å². The van der Waals surface area contributed by atoms with Crippen molar-refractivity contribution in [3.05, 3.63) is 18.1 Å². The maximum absolute atomic E-state index is 4.95. The molecule has 0 aliphatic heterocycles. The Labute approximate surface area is 66.4 Å². The van der Waals surface area contributed by atoms with Crippen LogP contribution in [-0.4, -0.2) is 17.1 Å². The van der Waals surface area contributed by atoms with E-state index in [1.54, 1.807) is 19.4 Å². The molecule has 0 amide bonds. The Kier molecular flexibility index (Phi) is 2.41. The third kappa shape index (κ3) is 1.90. The molecule has 60 valence electrons. The van der Waals surface area contributed by atoms with Gasteiger partial charge in [0, 0.05) is 18.2 Å². The monoisotopic (exact) mass is 152 g/mol. The van der Waals surface area contributed by atoms with Crippen LogP contribution in [0.25, 0.3) is 0 Å². The number of ether oxygens (including phenoxy) is 1. The van der Waals surface area contributed by atoms with Crippen molar-refractivity contribution in [2.75, 3.05) is 7.11 Å². The van der Waals surface area contributed by atoms with E-state index in [-0.39, 0.29) is 0 Å². The van der Waals surface area contributed by atoms with Crippen LogP contribution in [0, 0.1) is 0 Å². The summed E-state index contributed by atoms with van der Waals surface area (Å²) in [6.45, 7) is 4.10. The maximum atomic E-state index is 4.95. The van der Waals surface area contributed by atoms with Gasteiger partial charge in [0.25, 0.3) is 0 Å². The van der Waals surface area contributed by atoms with Gasteiger partial charge in [-0.25, -0.2) is 4.98 Å². The molecule has 0 radical (unpaired) electrons. The van der Waals surface area contributed by atoms with Gasteiger partial charge in [-0.1, -0.05) is 13.8 Å². The molecule has 0 aliphatic rings. The second-order valence-corrected chi connectivity index (χ2v) is 2.61. The molecule has 1 aromatic heterocycles. The van der Waals surface area contributed by atoms with Crippen molar-refractivity contribution < 1.29 is 4.74 Å². The molecule has 0 N–H and O–H groups in total. The minimum absolute atomic E-state index is 0.352. The summed E-state index contributed by atoms with van der Waals surface area (Å²) in [5, 5.41) is 0. The molecule has 3 heteroatoms. The highest BCUT2D eigenvalue weighted by atomic mass is 16.5. The summed E-state index contributed by atoms with van der Waals surface area (Å²) in [5.41, 5.74) is 0. The van der Waals surface area contributed by atoms with Crippen LogP contribution < -0.4 is 4.74 Å². The average molecular weight is 152 g/mol. The highest BCUT2D eigenvalue weighted by molar-refractivity contribution is 5.09. The van der Waals surface area contributed by atoms with Crippen LogP contribution in [0.4, 0.5) is 0 Å². The molecule has 1 rings (SSSR count). The van der Waals surface area contributed by atoms with Crippen LogP contribution in [-0.2, 0) is 0 Å². The molecule has 0 aromatic carbocycles. The normalized spacial score (nSPS) is 10.2. The summed E-state index contributed by atoms with van der Waals surface area (Å²) in [5.74, 6) is 1.80. The summed E-state index contributed by atoms with van der Waals surface area (Å²) in [6.07, 6.45) is 1.71. The van der Waals surface area contributed by atoms with Gasteiger partial charge in [-0.2, -0.15) is 4.98 Å². The van der Waals surface area contributed by atoms with E-state index in [1.807, 2.05) is 0 Å². The van der Waals surface area contributed by atoms with Crippen molar-refractivity contribution >= 4 is 0 Å². The lowest BCUT2D eigenvalue weighted by Gasteiger charge is -2.03. The fraction of sp³-hybridized carbons (Fsp3) is 0.500. The van der Waals surface area contributed by atoms with Gasteiger partial charge < -0.3 is 4.74 Å². The minimum atomic E-state index is 0.352. The topological polar surface area (TPSA) is 35.0 Å². The predicted octanol–water partition coefficient (Wildman–Crippen LogP) is 1.61. The third-order valence-corrected chi connectivity index (χ3v) is 1.37. The SMILES string of the molecule is COc1ccnc(C(C)C)n1. The Morgan fingerprint density at radius 1 is 1.45 bits per heavy atom. The molecule has 1 heterocycles. The van der Waals surface area contributed by atoms with Crippen LogP contribution in [0.3, 0.4) is 0 Å². The summed E-state index contributed by atoms with van der Waals surface area (Å²) in [6, 6.07) is 1.74. The number of methoxy groups -OCH3 is 1. The second-order valence-electron chi connectivity index (χ2n) is 2.61. The van der Waals surface area contributed by atoms with E-state index in [9.17, 15) is 0 Å². The van der Waals surface area contributed by atoms with Gasteiger partial charge in [0.05, 0.1) is 7.11 Å². The zero-order valence-electron chi connectivity index (χ0n) is 7.03. The van der Waals surface area contributed by atoms with Crippen molar-refractivity contribution in [1.29, 1.82) is 0 Å². The van der Waals surface area contributed by atoms with E-state index < -0.39 is 0 Å². The van der Waals surface area contributed by atoms with Crippen molar-refractivity contribution in [1.82, 2.24) is 9.97 Å². The fourth-order valence-electron chi connectivity index (χ4n) is 0.748. The minimum Gasteiger partial charge on any atom is -0.481 e. The predicted molar refractivity (Wildman–Crippen MR) is 42.7 cm³/mol. The van der Waals surface area contributed by atoms with Gasteiger partial charge in [0.1, 0.15) is 5.82 Å². The second kappa shape index (κ2) is 3.32. The number of aromatic nitrogens is 2. The molecule has 0 aliphatic carbocycles. The quantitative estimate of drug-likeness (QED) is 0.645. The van der Waals surface area contributed by atoms with Crippen LogP contribution in [0.15, 0.2) is 12.3 Å². The van der Waals surface area contributed by atoms with Crippen molar-refractivity contribution in [3.8, 4) is 5.88 Å². The van der Waals surface area contributed by atoms with Gasteiger partial charge in [-0.15, -0.1) is 0 Å². The Balaban J connectivity index is 2.91. The van der Waals surface area contributed by atoms with Gasteiger partial charge in [-0.05, 0) is 0 Å². The summed E-state index contributed by atoms with van der Waals surface area (Å²) in [4.78, 5) is 8.25. The molecule has 0 saturated heterocycles. The summed E-state index contributed by atoms with van der Waals surface area (Å²) >= 11 is 0. The summed E-state index contributed by atoms with van der Waals surface area (Å²) in [7, 11) is 1.60. The Morgan fingerprint density at radius 3 is 2.73 bits per heavy atom. The number of rotatable bonds is 2. The van der Waals surface area contributed by atoms with E-state index in [1.165, 1.54) is 0 Å². The van der Waals surface area contributed by atoms with Crippen molar-refractivity contribution in [2.24, 2.45) is 0 Å². The molecule has 0 bridgehead atoms. The van der Waals surface area contributed by atoms with Crippen LogP contribution in [0.2, 0.25) is 0 Å². The van der Waals surface area contributed by atoms with Crippen molar-refractivity contribution in [3.63, 3.8) is 0 Å². The van der Waals surface area contributed by atoms with E-state index in [0.29, 0.717) is 11.8 Å². The zero-order valence-corrected chi connectivity index (χ0v) is 7.03. The average Bonchev–Trinajstić information content (AvgIpc) is 2.05. The van der Waals surface area contributed by atoms with E-state index >= 15 is 0 Å². The molecule has 11 heavy (non-hydrogen) atoms. The zero-order chi connectivity index (χ0) is 8.27. The summed E-state index contributed by atoms with van der Waals surface area (Å²) < 4.78 is 4.95. The van der Waals surface area contributed by atoms with Gasteiger partial charge in [-0.3, -0.25) is 0 Å². The number of hydrogen-bond acceptors (Lipinski definition) is 3. The standard InChI is InChI=1S/C8H12N2O/c1-6(2)8-9-5-4-7(10-8)11-3/h4-6H,1-3H3. The highest BCUT2D eigenvalue weighted by Crippen LogP contribution is 2.11. The largest absolute Gasteiger partial charge is 0.481 e. The van der Waals surface area contributed by atoms with Crippen LogP contribution in [0.1, 0.15) is 25.6 Å². The molecular weight excluding hydrogens is 140 g/mol. The van der Waals surface area contributed by atoms with E-state index in [4.69, 9.17) is 4.74 Å². The lowest BCUT2D eigenvalue weighted by Crippen LogP contribution is -1.98. The Hall–Kier alpha value is -1.12. The Bertz CT molecular complexity index is 235. The molecule has 0 spiro atoms.